The first kappa shape index (κ1) is 19.4. The fourth-order valence-corrected chi connectivity index (χ4v) is 2.25. The Morgan fingerprint density at radius 1 is 1.21 bits per heavy atom. The summed E-state index contributed by atoms with van der Waals surface area (Å²) in [5.74, 6) is -0.911. The molecular weight excluding hydrogens is 291 g/mol. The second-order valence-electron chi connectivity index (χ2n) is 3.89. The van der Waals surface area contributed by atoms with Crippen LogP contribution in [0.2, 0.25) is 0 Å². The van der Waals surface area contributed by atoms with Gasteiger partial charge in [0.15, 0.2) is 6.29 Å². The second-order valence-corrected chi connectivity index (χ2v) is 5.38. The molecule has 0 aromatic rings. The summed E-state index contributed by atoms with van der Waals surface area (Å²) in [6.45, 7) is 3.38. The summed E-state index contributed by atoms with van der Waals surface area (Å²) in [4.78, 5) is 0. The third-order valence-corrected chi connectivity index (χ3v) is 3.17. The van der Waals surface area contributed by atoms with Gasteiger partial charge in [-0.05, 0) is 0 Å². The molecule has 0 bridgehead atoms. The van der Waals surface area contributed by atoms with Crippen molar-refractivity contribution in [2.75, 3.05) is 12.4 Å². The summed E-state index contributed by atoms with van der Waals surface area (Å²) in [7, 11) is -4.39. The molecule has 10 heteroatoms. The van der Waals surface area contributed by atoms with Crippen molar-refractivity contribution in [3.05, 3.63) is 12.7 Å². The minimum atomic E-state index is -4.39. The Hall–Kier alpha value is 0.450. The first-order valence-corrected chi connectivity index (χ1v) is 6.74. The summed E-state index contributed by atoms with van der Waals surface area (Å²) in [6, 6.07) is 0. The van der Waals surface area contributed by atoms with E-state index >= 15 is 0 Å². The fourth-order valence-electron chi connectivity index (χ4n) is 1.56. The van der Waals surface area contributed by atoms with Gasteiger partial charge in [-0.1, -0.05) is 6.08 Å². The van der Waals surface area contributed by atoms with Gasteiger partial charge in [0.05, 0.1) is 6.61 Å². The van der Waals surface area contributed by atoms with E-state index in [0.29, 0.717) is 0 Å². The molecule has 1 fully saturated rings. The number of aliphatic hydroxyl groups is 3. The van der Waals surface area contributed by atoms with E-state index in [-0.39, 0.29) is 36.2 Å². The maximum atomic E-state index is 10.7. The van der Waals surface area contributed by atoms with Crippen LogP contribution in [-0.4, -0.2) is 101 Å². The maximum absolute atomic E-state index is 10.7. The van der Waals surface area contributed by atoms with Crippen molar-refractivity contribution in [3.63, 3.8) is 0 Å². The predicted molar refractivity (Wildman–Crippen MR) is 65.0 cm³/mol. The molecule has 0 spiro atoms. The van der Waals surface area contributed by atoms with Crippen molar-refractivity contribution in [1.29, 1.82) is 0 Å². The van der Waals surface area contributed by atoms with Crippen LogP contribution in [0.5, 0.6) is 0 Å². The van der Waals surface area contributed by atoms with E-state index in [1.54, 1.807) is 0 Å². The van der Waals surface area contributed by atoms with Crippen LogP contribution in [0.1, 0.15) is 0 Å². The number of aliphatic hydroxyl groups excluding tert-OH is 3. The zero-order chi connectivity index (χ0) is 13.9. The van der Waals surface area contributed by atoms with Gasteiger partial charge < -0.3 is 24.8 Å². The zero-order valence-corrected chi connectivity index (χ0v) is 13.2. The van der Waals surface area contributed by atoms with Crippen molar-refractivity contribution < 1.29 is 37.8 Å². The Morgan fingerprint density at radius 2 is 1.79 bits per heavy atom. The van der Waals surface area contributed by atoms with Crippen LogP contribution in [-0.2, 0) is 19.6 Å². The van der Waals surface area contributed by atoms with Crippen molar-refractivity contribution in [2.24, 2.45) is 0 Å². The Balaban J connectivity index is 0.00000324. The molecule has 1 aliphatic rings. The van der Waals surface area contributed by atoms with Gasteiger partial charge in [0, 0.05) is 29.6 Å². The normalized spacial score (nSPS) is 35.5. The van der Waals surface area contributed by atoms with Crippen molar-refractivity contribution in [3.8, 4) is 0 Å². The van der Waals surface area contributed by atoms with Crippen LogP contribution < -0.4 is 0 Å². The Morgan fingerprint density at radius 3 is 2.26 bits per heavy atom. The minimum absolute atomic E-state index is 0. The molecule has 0 aromatic carbocycles. The molecule has 1 aliphatic heterocycles. The summed E-state index contributed by atoms with van der Waals surface area (Å²) in [5.41, 5.74) is 0. The van der Waals surface area contributed by atoms with Crippen LogP contribution in [0.15, 0.2) is 12.7 Å². The van der Waals surface area contributed by atoms with E-state index in [1.807, 2.05) is 0 Å². The Kier molecular flexibility index (Phi) is 8.22. The van der Waals surface area contributed by atoms with E-state index < -0.39 is 46.6 Å². The molecule has 8 nitrogen and oxygen atoms in total. The molecule has 0 saturated carbocycles. The summed E-state index contributed by atoms with van der Waals surface area (Å²) < 4.78 is 40.1. The van der Waals surface area contributed by atoms with Gasteiger partial charge in [-0.25, -0.2) is 0 Å². The van der Waals surface area contributed by atoms with Gasteiger partial charge in [0.1, 0.15) is 30.2 Å². The van der Waals surface area contributed by atoms with Gasteiger partial charge >= 0.3 is 0 Å². The third-order valence-electron chi connectivity index (χ3n) is 2.42. The summed E-state index contributed by atoms with van der Waals surface area (Å²) >= 11 is 0. The molecule has 4 N–H and O–H groups in total. The monoisotopic (exact) mass is 307 g/mol. The molecule has 0 aromatic heterocycles. The van der Waals surface area contributed by atoms with E-state index in [0.717, 1.165) is 0 Å². The molecule has 0 aliphatic carbocycles. The van der Waals surface area contributed by atoms with Crippen molar-refractivity contribution in [2.45, 2.75) is 30.7 Å². The predicted octanol–water partition coefficient (Wildman–Crippen LogP) is -2.50. The second kappa shape index (κ2) is 8.03. The summed E-state index contributed by atoms with van der Waals surface area (Å²) in [5, 5.41) is 28.6. The first-order valence-electron chi connectivity index (χ1n) is 5.13. The molecule has 107 valence electrons. The quantitative estimate of drug-likeness (QED) is 0.249. The molecule has 1 saturated heterocycles. The third kappa shape index (κ3) is 5.76. The largest absolute Gasteiger partial charge is 0.388 e. The number of hydrogen-bond acceptors (Lipinski definition) is 7. The van der Waals surface area contributed by atoms with Crippen molar-refractivity contribution in [1.82, 2.24) is 0 Å². The van der Waals surface area contributed by atoms with Gasteiger partial charge in [-0.2, -0.15) is 8.42 Å². The van der Waals surface area contributed by atoms with E-state index in [1.165, 1.54) is 6.08 Å². The molecule has 5 atom stereocenters. The number of ether oxygens (including phenoxy) is 2. The van der Waals surface area contributed by atoms with E-state index in [4.69, 9.17) is 14.0 Å². The van der Waals surface area contributed by atoms with Gasteiger partial charge in [0.2, 0.25) is 0 Å². The molecule has 1 rings (SSSR count). The van der Waals surface area contributed by atoms with Crippen LogP contribution in [0.4, 0.5) is 0 Å². The van der Waals surface area contributed by atoms with Crippen LogP contribution in [0, 0.1) is 0 Å². The topological polar surface area (TPSA) is 134 Å². The fraction of sp³-hybridized carbons (Fsp3) is 0.778. The average molecular weight is 307 g/mol. The number of rotatable bonds is 5. The molecule has 1 heterocycles. The maximum Gasteiger partial charge on any atom is 0.267 e. The van der Waals surface area contributed by atoms with Crippen LogP contribution in [0.25, 0.3) is 0 Å². The summed E-state index contributed by atoms with van der Waals surface area (Å²) in [6.07, 6.45) is -6.16. The van der Waals surface area contributed by atoms with Gasteiger partial charge in [-0.15, -0.1) is 6.58 Å². The smallest absolute Gasteiger partial charge is 0.267 e. The molecular formula is C9H16NaO8S. The van der Waals surface area contributed by atoms with Crippen LogP contribution in [0.3, 0.4) is 0 Å². The van der Waals surface area contributed by atoms with Crippen molar-refractivity contribution >= 4 is 39.7 Å². The van der Waals surface area contributed by atoms with Gasteiger partial charge in [0.25, 0.3) is 10.1 Å². The van der Waals surface area contributed by atoms with E-state index in [9.17, 15) is 23.7 Å². The minimum Gasteiger partial charge on any atom is -0.388 e. The zero-order valence-electron chi connectivity index (χ0n) is 10.4. The molecule has 5 unspecified atom stereocenters. The first-order chi connectivity index (χ1) is 8.26. The Labute approximate surface area is 133 Å². The van der Waals surface area contributed by atoms with Gasteiger partial charge in [-0.3, -0.25) is 4.55 Å². The molecule has 19 heavy (non-hydrogen) atoms. The molecule has 0 amide bonds. The molecule has 1 radical (unpaired) electrons. The van der Waals surface area contributed by atoms with Crippen LogP contribution >= 0.6 is 0 Å². The Bertz CT molecular complexity index is 386. The number of hydrogen-bond donors (Lipinski definition) is 4. The van der Waals surface area contributed by atoms with E-state index in [2.05, 4.69) is 6.58 Å². The standard InChI is InChI=1S/C9H16O8S.Na/c1-2-3-16-9-8(12)7(11)6(10)5(17-9)4-18(13,14)15;/h2,5-12H,1,3-4H2,(H,13,14,15);. The SMILES string of the molecule is C=CCOC1OC(CS(=O)(=O)O)C(O)C(O)C1O.[Na]. The average Bonchev–Trinajstić information content (AvgIpc) is 2.27.